The van der Waals surface area contributed by atoms with Gasteiger partial charge in [0.2, 0.25) is 0 Å². The maximum Gasteiger partial charge on any atom is 0.326 e. The summed E-state index contributed by atoms with van der Waals surface area (Å²) >= 11 is 1.58. The molecule has 0 bridgehead atoms. The van der Waals surface area contributed by atoms with E-state index in [0.29, 0.717) is 13.0 Å². The minimum Gasteiger partial charge on any atom is -0.480 e. The third kappa shape index (κ3) is 2.98. The maximum absolute atomic E-state index is 12.7. The van der Waals surface area contributed by atoms with Gasteiger partial charge in [-0.15, -0.1) is 11.3 Å². The van der Waals surface area contributed by atoms with E-state index >= 15 is 0 Å². The van der Waals surface area contributed by atoms with Gasteiger partial charge in [-0.1, -0.05) is 6.42 Å². The quantitative estimate of drug-likeness (QED) is 0.854. The number of likely N-dealkylation sites (tertiary alicyclic amines) is 1. The number of aliphatic carboxylic acids is 1. The van der Waals surface area contributed by atoms with E-state index in [1.165, 1.54) is 29.7 Å². The second-order valence-corrected chi connectivity index (χ2v) is 7.10. The van der Waals surface area contributed by atoms with Gasteiger partial charge < -0.3 is 10.0 Å². The third-order valence-corrected chi connectivity index (χ3v) is 5.73. The Balaban J connectivity index is 1.82. The van der Waals surface area contributed by atoms with Gasteiger partial charge in [0, 0.05) is 11.4 Å². The van der Waals surface area contributed by atoms with Crippen LogP contribution < -0.4 is 0 Å². The fraction of sp³-hybridized carbons (Fsp3) is 0.625. The Labute approximate surface area is 128 Å². The molecule has 1 aliphatic carbocycles. The summed E-state index contributed by atoms with van der Waals surface area (Å²) in [7, 11) is 0. The zero-order chi connectivity index (χ0) is 14.8. The minimum absolute atomic E-state index is 0.0832. The molecule has 0 radical (unpaired) electrons. The van der Waals surface area contributed by atoms with Crippen LogP contribution in [-0.2, 0) is 17.6 Å². The van der Waals surface area contributed by atoms with Crippen molar-refractivity contribution < 1.29 is 14.7 Å². The van der Waals surface area contributed by atoms with E-state index in [4.69, 9.17) is 0 Å². The molecule has 2 aliphatic rings. The van der Waals surface area contributed by atoms with Crippen LogP contribution in [0.25, 0.3) is 0 Å². The smallest absolute Gasteiger partial charge is 0.326 e. The van der Waals surface area contributed by atoms with Crippen molar-refractivity contribution in [2.24, 2.45) is 0 Å². The lowest BCUT2D eigenvalue weighted by atomic mass is 10.0. The highest BCUT2D eigenvalue weighted by molar-refractivity contribution is 7.14. The van der Waals surface area contributed by atoms with Gasteiger partial charge in [0.25, 0.3) is 5.91 Å². The molecule has 1 aromatic heterocycles. The number of amides is 1. The summed E-state index contributed by atoms with van der Waals surface area (Å²) in [6.07, 6.45) is 8.14. The predicted octanol–water partition coefficient (Wildman–Crippen LogP) is 3.10. The van der Waals surface area contributed by atoms with E-state index in [9.17, 15) is 14.7 Å². The number of thiophene rings is 1. The number of carboxylic acid groups (broad SMARTS) is 1. The number of hydrogen-bond donors (Lipinski definition) is 1. The van der Waals surface area contributed by atoms with Crippen LogP contribution in [0.5, 0.6) is 0 Å². The Bertz CT molecular complexity index is 528. The Morgan fingerprint density at radius 2 is 1.95 bits per heavy atom. The molecule has 1 aromatic rings. The average Bonchev–Trinajstić information content (AvgIpc) is 2.77. The van der Waals surface area contributed by atoms with Gasteiger partial charge >= 0.3 is 5.97 Å². The normalized spacial score (nSPS) is 22.5. The lowest BCUT2D eigenvalue weighted by molar-refractivity contribution is -0.143. The number of rotatable bonds is 2. The van der Waals surface area contributed by atoms with E-state index in [0.717, 1.165) is 30.6 Å². The van der Waals surface area contributed by atoms with Gasteiger partial charge in [0.15, 0.2) is 0 Å². The van der Waals surface area contributed by atoms with Crippen LogP contribution in [-0.4, -0.2) is 34.5 Å². The molecular formula is C16H21NO3S. The summed E-state index contributed by atoms with van der Waals surface area (Å²) in [4.78, 5) is 27.7. The lowest BCUT2D eigenvalue weighted by Gasteiger charge is -2.32. The number of piperidine rings is 1. The highest BCUT2D eigenvalue weighted by Gasteiger charge is 2.33. The van der Waals surface area contributed by atoms with Crippen molar-refractivity contribution in [2.45, 2.75) is 57.4 Å². The molecule has 1 aliphatic heterocycles. The lowest BCUT2D eigenvalue weighted by Crippen LogP contribution is -2.47. The molecule has 3 rings (SSSR count). The van der Waals surface area contributed by atoms with Crippen LogP contribution in [0.1, 0.15) is 58.6 Å². The molecule has 1 saturated heterocycles. The molecule has 0 saturated carbocycles. The van der Waals surface area contributed by atoms with Gasteiger partial charge in [-0.25, -0.2) is 4.79 Å². The Kier molecular flexibility index (Phi) is 4.29. The van der Waals surface area contributed by atoms with Crippen molar-refractivity contribution in [3.63, 3.8) is 0 Å². The zero-order valence-corrected chi connectivity index (χ0v) is 13.0. The SMILES string of the molecule is O=C(O)[C@H]1CCCCN1C(=O)c1cc2c(s1)CCCCC2. The summed E-state index contributed by atoms with van der Waals surface area (Å²) in [5, 5.41) is 9.31. The summed E-state index contributed by atoms with van der Waals surface area (Å²) in [5.74, 6) is -0.957. The second-order valence-electron chi connectivity index (χ2n) is 5.97. The topological polar surface area (TPSA) is 57.6 Å². The van der Waals surface area contributed by atoms with E-state index in [1.54, 1.807) is 16.2 Å². The van der Waals surface area contributed by atoms with Crippen molar-refractivity contribution in [3.8, 4) is 0 Å². The average molecular weight is 307 g/mol. The first-order valence-electron chi connectivity index (χ1n) is 7.82. The number of fused-ring (bicyclic) bond motifs is 1. The van der Waals surface area contributed by atoms with Crippen molar-refractivity contribution in [1.29, 1.82) is 0 Å². The molecule has 114 valence electrons. The summed E-state index contributed by atoms with van der Waals surface area (Å²) in [6.45, 7) is 0.568. The van der Waals surface area contributed by atoms with E-state index in [1.807, 2.05) is 6.07 Å². The van der Waals surface area contributed by atoms with E-state index in [2.05, 4.69) is 0 Å². The fourth-order valence-electron chi connectivity index (χ4n) is 3.35. The maximum atomic E-state index is 12.7. The van der Waals surface area contributed by atoms with E-state index in [-0.39, 0.29) is 5.91 Å². The van der Waals surface area contributed by atoms with Gasteiger partial charge in [0.1, 0.15) is 6.04 Å². The number of nitrogens with zero attached hydrogens (tertiary/aromatic N) is 1. The minimum atomic E-state index is -0.874. The van der Waals surface area contributed by atoms with E-state index < -0.39 is 12.0 Å². The van der Waals surface area contributed by atoms with Crippen LogP contribution in [0.4, 0.5) is 0 Å². The van der Waals surface area contributed by atoms with Crippen molar-refractivity contribution in [2.75, 3.05) is 6.54 Å². The predicted molar refractivity (Wildman–Crippen MR) is 81.9 cm³/mol. The van der Waals surface area contributed by atoms with Gasteiger partial charge in [-0.3, -0.25) is 4.79 Å². The second kappa shape index (κ2) is 6.18. The third-order valence-electron chi connectivity index (χ3n) is 4.51. The number of carboxylic acids is 1. The molecule has 0 aromatic carbocycles. The summed E-state index contributed by atoms with van der Waals surface area (Å²) < 4.78 is 0. The van der Waals surface area contributed by atoms with Crippen LogP contribution in [0, 0.1) is 0 Å². The van der Waals surface area contributed by atoms with Crippen molar-refractivity contribution >= 4 is 23.2 Å². The van der Waals surface area contributed by atoms with Crippen LogP contribution in [0.15, 0.2) is 6.07 Å². The molecule has 2 heterocycles. The number of hydrogen-bond acceptors (Lipinski definition) is 3. The Morgan fingerprint density at radius 3 is 2.76 bits per heavy atom. The molecule has 1 amide bonds. The molecule has 5 heteroatoms. The molecular weight excluding hydrogens is 286 g/mol. The molecule has 21 heavy (non-hydrogen) atoms. The Morgan fingerprint density at radius 1 is 1.14 bits per heavy atom. The van der Waals surface area contributed by atoms with Crippen LogP contribution in [0.3, 0.4) is 0 Å². The molecule has 4 nitrogen and oxygen atoms in total. The number of carbonyl (C=O) groups is 2. The van der Waals surface area contributed by atoms with Crippen LogP contribution in [0.2, 0.25) is 0 Å². The fourth-order valence-corrected chi connectivity index (χ4v) is 4.56. The largest absolute Gasteiger partial charge is 0.480 e. The highest BCUT2D eigenvalue weighted by Crippen LogP contribution is 2.31. The summed E-state index contributed by atoms with van der Waals surface area (Å²) in [6, 6.07) is 1.37. The molecule has 0 spiro atoms. The molecule has 1 N–H and O–H groups in total. The Hall–Kier alpha value is -1.36. The number of carbonyl (C=O) groups excluding carboxylic acids is 1. The summed E-state index contributed by atoms with van der Waals surface area (Å²) in [5.41, 5.74) is 1.31. The van der Waals surface area contributed by atoms with Crippen molar-refractivity contribution in [1.82, 2.24) is 4.90 Å². The first-order valence-corrected chi connectivity index (χ1v) is 8.64. The first-order chi connectivity index (χ1) is 10.2. The standard InChI is InChI=1S/C16H21NO3S/c18-15(17-9-5-4-7-12(17)16(19)20)14-10-11-6-2-1-3-8-13(11)21-14/h10,12H,1-9H2,(H,19,20)/t12-/m1/s1. The molecule has 1 fully saturated rings. The van der Waals surface area contributed by atoms with Gasteiger partial charge in [0.05, 0.1) is 4.88 Å². The molecule has 1 atom stereocenters. The van der Waals surface area contributed by atoms with Gasteiger partial charge in [-0.2, -0.15) is 0 Å². The van der Waals surface area contributed by atoms with Crippen LogP contribution >= 0.6 is 11.3 Å². The monoisotopic (exact) mass is 307 g/mol. The van der Waals surface area contributed by atoms with Gasteiger partial charge in [-0.05, 0) is 56.6 Å². The van der Waals surface area contributed by atoms with Crippen molar-refractivity contribution in [3.05, 3.63) is 21.4 Å². The highest BCUT2D eigenvalue weighted by atomic mass is 32.1. The first kappa shape index (κ1) is 14.6. The zero-order valence-electron chi connectivity index (χ0n) is 12.1. The number of aryl methyl sites for hydroxylation is 2. The molecule has 0 unspecified atom stereocenters.